The first-order valence-electron chi connectivity index (χ1n) is 15.6. The van der Waals surface area contributed by atoms with E-state index in [-0.39, 0.29) is 56.8 Å². The first-order chi connectivity index (χ1) is 23.5. The van der Waals surface area contributed by atoms with Gasteiger partial charge in [0.15, 0.2) is 0 Å². The molecule has 4 aliphatic rings. The third-order valence-corrected chi connectivity index (χ3v) is 10.1. The lowest BCUT2D eigenvalue weighted by atomic mass is 9.70. The molecule has 1 saturated carbocycles. The zero-order valence-electron chi connectivity index (χ0n) is 26.0. The predicted molar refractivity (Wildman–Crippen MR) is 156 cm³/mol. The average Bonchev–Trinajstić information content (AvgIpc) is 3.38. The van der Waals surface area contributed by atoms with Crippen molar-refractivity contribution in [1.82, 2.24) is 24.5 Å². The summed E-state index contributed by atoms with van der Waals surface area (Å²) < 4.78 is 102. The summed E-state index contributed by atoms with van der Waals surface area (Å²) >= 11 is 0. The van der Waals surface area contributed by atoms with Crippen LogP contribution in [-0.2, 0) is 27.0 Å². The molecule has 4 amide bonds. The number of rotatable bonds is 6. The number of imide groups is 1. The van der Waals surface area contributed by atoms with Crippen LogP contribution in [-0.4, -0.2) is 87.3 Å². The van der Waals surface area contributed by atoms with Crippen molar-refractivity contribution in [2.45, 2.75) is 37.8 Å². The Balaban J connectivity index is 1.14. The molecule has 1 spiro atoms. The van der Waals surface area contributed by atoms with Crippen molar-refractivity contribution in [3.05, 3.63) is 89.0 Å². The summed E-state index contributed by atoms with van der Waals surface area (Å²) in [6.07, 6.45) is -8.93. The Morgan fingerprint density at radius 1 is 0.940 bits per heavy atom. The maximum Gasteiger partial charge on any atom is 0.417 e. The largest absolute Gasteiger partial charge is 0.446 e. The topological polar surface area (TPSA) is 105 Å². The number of benzene rings is 2. The van der Waals surface area contributed by atoms with Crippen molar-refractivity contribution in [1.29, 1.82) is 0 Å². The van der Waals surface area contributed by atoms with Gasteiger partial charge in [0.05, 0.1) is 29.8 Å². The summed E-state index contributed by atoms with van der Waals surface area (Å²) in [4.78, 5) is 57.2. The molecule has 3 saturated heterocycles. The van der Waals surface area contributed by atoms with Gasteiger partial charge < -0.3 is 14.5 Å². The third-order valence-electron chi connectivity index (χ3n) is 10.1. The molecular weight excluding hydrogens is 679 g/mol. The number of carbonyl (C=O) groups is 4. The number of halogens is 7. The zero-order valence-corrected chi connectivity index (χ0v) is 26.0. The van der Waals surface area contributed by atoms with Crippen LogP contribution in [0.3, 0.4) is 0 Å². The molecule has 17 heteroatoms. The van der Waals surface area contributed by atoms with E-state index in [1.807, 2.05) is 0 Å². The zero-order chi connectivity index (χ0) is 35.8. The maximum absolute atomic E-state index is 14.2. The second kappa shape index (κ2) is 11.6. The van der Waals surface area contributed by atoms with Gasteiger partial charge in [-0.25, -0.2) is 14.1 Å². The van der Waals surface area contributed by atoms with Crippen LogP contribution >= 0.6 is 0 Å². The molecule has 10 nitrogen and oxygen atoms in total. The molecule has 4 heterocycles. The van der Waals surface area contributed by atoms with Crippen LogP contribution in [0.1, 0.15) is 45.9 Å². The summed E-state index contributed by atoms with van der Waals surface area (Å²) in [5, 5.41) is 4.00. The van der Waals surface area contributed by atoms with Crippen LogP contribution in [0.25, 0.3) is 0 Å². The quantitative estimate of drug-likeness (QED) is 0.333. The Labute approximate surface area is 279 Å². The van der Waals surface area contributed by atoms with Crippen molar-refractivity contribution in [2.24, 2.45) is 16.7 Å². The summed E-state index contributed by atoms with van der Waals surface area (Å²) in [5.74, 6) is -4.69. The number of aromatic nitrogens is 2. The molecule has 2 atom stereocenters. The molecule has 0 bridgehead atoms. The lowest BCUT2D eigenvalue weighted by Crippen LogP contribution is -2.66. The number of amides is 4. The van der Waals surface area contributed by atoms with Gasteiger partial charge in [0, 0.05) is 37.8 Å². The molecular formula is C33H28F7N5O5. The molecule has 1 aliphatic carbocycles. The van der Waals surface area contributed by atoms with E-state index in [0.29, 0.717) is 11.6 Å². The fraction of sp³-hybridized carbons (Fsp3) is 0.424. The predicted octanol–water partition coefficient (Wildman–Crippen LogP) is 5.05. The Bertz CT molecular complexity index is 1870. The lowest BCUT2D eigenvalue weighted by molar-refractivity contribution is -0.205. The lowest BCUT2D eigenvalue weighted by Gasteiger charge is -2.51. The van der Waals surface area contributed by atoms with Crippen molar-refractivity contribution >= 4 is 23.8 Å². The molecule has 264 valence electrons. The van der Waals surface area contributed by atoms with Crippen LogP contribution in [0.5, 0.6) is 0 Å². The summed E-state index contributed by atoms with van der Waals surface area (Å²) in [6.45, 7) is -1.57. The summed E-state index contributed by atoms with van der Waals surface area (Å²) in [7, 11) is 0. The van der Waals surface area contributed by atoms with E-state index >= 15 is 0 Å². The number of hydrogen-bond donors (Lipinski definition) is 0. The first-order valence-corrected chi connectivity index (χ1v) is 15.6. The third kappa shape index (κ3) is 5.55. The van der Waals surface area contributed by atoms with Gasteiger partial charge in [0.2, 0.25) is 11.8 Å². The highest BCUT2D eigenvalue weighted by atomic mass is 19.4. The summed E-state index contributed by atoms with van der Waals surface area (Å²) in [6, 6.07) is 9.94. The minimum atomic E-state index is -4.85. The van der Waals surface area contributed by atoms with E-state index < -0.39 is 76.9 Å². The van der Waals surface area contributed by atoms with Crippen LogP contribution in [0.4, 0.5) is 35.5 Å². The number of alkyl halides is 6. The van der Waals surface area contributed by atoms with Gasteiger partial charge in [-0.15, -0.1) is 0 Å². The second-order valence-electron chi connectivity index (χ2n) is 13.3. The van der Waals surface area contributed by atoms with Crippen LogP contribution in [0.2, 0.25) is 0 Å². The van der Waals surface area contributed by atoms with Crippen LogP contribution < -0.4 is 0 Å². The highest BCUT2D eigenvalue weighted by Crippen LogP contribution is 2.60. The van der Waals surface area contributed by atoms with E-state index in [2.05, 4.69) is 5.10 Å². The van der Waals surface area contributed by atoms with Crippen molar-refractivity contribution in [3.8, 4) is 0 Å². The molecule has 7 rings (SSSR count). The number of hydrogen-bond acceptors (Lipinski definition) is 6. The van der Waals surface area contributed by atoms with Gasteiger partial charge >= 0.3 is 18.4 Å². The Hall–Kier alpha value is -4.96. The molecule has 0 unspecified atom stereocenters. The smallest absolute Gasteiger partial charge is 0.417 e. The Kier molecular flexibility index (Phi) is 7.75. The average molecular weight is 708 g/mol. The number of likely N-dealkylation sites (tertiary alicyclic amines) is 2. The van der Waals surface area contributed by atoms with Crippen LogP contribution in [0.15, 0.2) is 60.9 Å². The number of cyclic esters (lactones) is 1. The summed E-state index contributed by atoms with van der Waals surface area (Å²) in [5.41, 5.74) is -4.65. The highest BCUT2D eigenvalue weighted by molar-refractivity contribution is 5.98. The number of ether oxygens (including phenoxy) is 1. The van der Waals surface area contributed by atoms with E-state index in [1.165, 1.54) is 11.1 Å². The molecule has 2 aromatic carbocycles. The highest BCUT2D eigenvalue weighted by Gasteiger charge is 2.72. The van der Waals surface area contributed by atoms with Crippen LogP contribution in [0, 0.1) is 22.6 Å². The standard InChI is InChI=1S/C33H28F7N5O5/c34-22-7-6-20(23(10-22)32(35,36)37)12-44-13-21(11-41-44)26(46)42-14-24(27(47)45-25(15-50-29(45)49)19-4-2-1-3-5-19)30(16-42)17-43(18-30)28(48)31(8-9-31)33(38,39)40/h1-7,10-11,13,24-25H,8-9,12,14-18H2/t24-,25-/m0/s1. The SMILES string of the molecule is O=C(c1cnn(Cc2ccc(F)cc2C(F)(F)F)c1)N1C[C@@H](C(=O)N2C(=O)OC[C@H]2c2ccccc2)C2(C1)CN(C(=O)C1(C(F)(F)F)CC1)C2. The maximum atomic E-state index is 14.2. The van der Waals surface area contributed by atoms with Gasteiger partial charge in [-0.2, -0.15) is 31.4 Å². The molecule has 50 heavy (non-hydrogen) atoms. The first kappa shape index (κ1) is 33.5. The molecule has 0 N–H and O–H groups in total. The minimum absolute atomic E-state index is 0.0621. The number of nitrogens with zero attached hydrogens (tertiary/aromatic N) is 5. The van der Waals surface area contributed by atoms with E-state index in [1.54, 1.807) is 30.3 Å². The van der Waals surface area contributed by atoms with Crippen molar-refractivity contribution in [3.63, 3.8) is 0 Å². The van der Waals surface area contributed by atoms with Gasteiger partial charge in [0.1, 0.15) is 23.9 Å². The van der Waals surface area contributed by atoms with E-state index in [0.717, 1.165) is 32.8 Å². The van der Waals surface area contributed by atoms with Gasteiger partial charge in [-0.1, -0.05) is 36.4 Å². The monoisotopic (exact) mass is 707 g/mol. The Morgan fingerprint density at radius 2 is 1.62 bits per heavy atom. The fourth-order valence-corrected chi connectivity index (χ4v) is 7.31. The molecule has 1 aromatic heterocycles. The number of carbonyl (C=O) groups excluding carboxylic acids is 4. The van der Waals surface area contributed by atoms with Gasteiger partial charge in [-0.3, -0.25) is 19.1 Å². The molecule has 3 aromatic rings. The minimum Gasteiger partial charge on any atom is -0.446 e. The van der Waals surface area contributed by atoms with E-state index in [4.69, 9.17) is 4.74 Å². The van der Waals surface area contributed by atoms with Crippen molar-refractivity contribution < 1.29 is 54.6 Å². The fourth-order valence-electron chi connectivity index (χ4n) is 7.31. The van der Waals surface area contributed by atoms with Gasteiger partial charge in [0.25, 0.3) is 5.91 Å². The Morgan fingerprint density at radius 3 is 2.26 bits per heavy atom. The van der Waals surface area contributed by atoms with Gasteiger partial charge in [-0.05, 0) is 36.1 Å². The normalized spacial score (nSPS) is 22.5. The molecule has 4 fully saturated rings. The molecule has 0 radical (unpaired) electrons. The molecule has 3 aliphatic heterocycles. The second-order valence-corrected chi connectivity index (χ2v) is 13.3. The van der Waals surface area contributed by atoms with Crippen molar-refractivity contribution in [2.75, 3.05) is 32.8 Å². The van der Waals surface area contributed by atoms with E-state index in [9.17, 15) is 49.9 Å².